The van der Waals surface area contributed by atoms with E-state index < -0.39 is 0 Å². The summed E-state index contributed by atoms with van der Waals surface area (Å²) < 4.78 is 12.3. The average Bonchev–Trinajstić information content (AvgIpc) is 3.21. The molecule has 0 saturated heterocycles. The first-order valence-electron chi connectivity index (χ1n) is 7.87. The molecule has 3 aromatic rings. The molecule has 0 unspecified atom stereocenters. The number of ether oxygens (including phenoxy) is 1. The number of hydrogen-bond acceptors (Lipinski definition) is 6. The molecule has 3 rings (SSSR count). The second kappa shape index (κ2) is 7.31. The SMILES string of the molecule is COC(=O)c1cc(CN(C)Cn2nccc2-c2ccncc2)oc1C. The summed E-state index contributed by atoms with van der Waals surface area (Å²) in [6.07, 6.45) is 5.29. The summed E-state index contributed by atoms with van der Waals surface area (Å²) in [5.41, 5.74) is 2.53. The van der Waals surface area contributed by atoms with Crippen LogP contribution in [0, 0.1) is 6.92 Å². The van der Waals surface area contributed by atoms with Gasteiger partial charge in [-0.15, -0.1) is 0 Å². The number of pyridine rings is 1. The Hall–Kier alpha value is -2.93. The van der Waals surface area contributed by atoms with Gasteiger partial charge in [-0.1, -0.05) is 0 Å². The first-order chi connectivity index (χ1) is 12.1. The van der Waals surface area contributed by atoms with Gasteiger partial charge in [0, 0.05) is 24.2 Å². The van der Waals surface area contributed by atoms with Crippen molar-refractivity contribution in [1.82, 2.24) is 19.7 Å². The molecule has 7 nitrogen and oxygen atoms in total. The standard InChI is InChI=1S/C18H20N4O3/c1-13-16(18(23)24-3)10-15(25-13)11-21(2)12-22-17(6-9-20-22)14-4-7-19-8-5-14/h4-10H,11-12H2,1-3H3. The molecule has 25 heavy (non-hydrogen) atoms. The van der Waals surface area contributed by atoms with Crippen LogP contribution in [0.1, 0.15) is 21.9 Å². The Morgan fingerprint density at radius 3 is 2.76 bits per heavy atom. The second-order valence-electron chi connectivity index (χ2n) is 5.78. The Bertz CT molecular complexity index is 854. The molecule has 130 valence electrons. The fourth-order valence-corrected chi connectivity index (χ4v) is 2.69. The van der Waals surface area contributed by atoms with E-state index in [9.17, 15) is 4.79 Å². The van der Waals surface area contributed by atoms with Gasteiger partial charge in [0.05, 0.1) is 26.0 Å². The van der Waals surface area contributed by atoms with Crippen LogP contribution >= 0.6 is 0 Å². The lowest BCUT2D eigenvalue weighted by Gasteiger charge is -2.17. The number of aromatic nitrogens is 3. The largest absolute Gasteiger partial charge is 0.465 e. The molecule has 0 radical (unpaired) electrons. The molecule has 0 aliphatic heterocycles. The van der Waals surface area contributed by atoms with Crippen molar-refractivity contribution in [3.05, 3.63) is 59.9 Å². The molecule has 0 N–H and O–H groups in total. The third-order valence-corrected chi connectivity index (χ3v) is 3.87. The molecule has 3 aromatic heterocycles. The van der Waals surface area contributed by atoms with E-state index in [1.807, 2.05) is 29.9 Å². The van der Waals surface area contributed by atoms with Crippen molar-refractivity contribution in [3.63, 3.8) is 0 Å². The van der Waals surface area contributed by atoms with Gasteiger partial charge >= 0.3 is 5.97 Å². The average molecular weight is 340 g/mol. The monoisotopic (exact) mass is 340 g/mol. The minimum atomic E-state index is -0.387. The topological polar surface area (TPSA) is 73.4 Å². The number of nitrogens with zero attached hydrogens (tertiary/aromatic N) is 4. The number of furan rings is 1. The fraction of sp³-hybridized carbons (Fsp3) is 0.278. The van der Waals surface area contributed by atoms with E-state index in [2.05, 4.69) is 15.0 Å². The number of hydrogen-bond donors (Lipinski definition) is 0. The lowest BCUT2D eigenvalue weighted by Crippen LogP contribution is -2.22. The minimum Gasteiger partial charge on any atom is -0.465 e. The van der Waals surface area contributed by atoms with Crippen LogP contribution < -0.4 is 0 Å². The Labute approximate surface area is 145 Å². The van der Waals surface area contributed by atoms with Gasteiger partial charge in [0.15, 0.2) is 0 Å². The lowest BCUT2D eigenvalue weighted by atomic mass is 10.2. The van der Waals surface area contributed by atoms with Crippen molar-refractivity contribution >= 4 is 5.97 Å². The van der Waals surface area contributed by atoms with Crippen molar-refractivity contribution in [2.45, 2.75) is 20.1 Å². The van der Waals surface area contributed by atoms with Crippen molar-refractivity contribution in [2.75, 3.05) is 14.2 Å². The molecule has 0 fully saturated rings. The van der Waals surface area contributed by atoms with Crippen LogP contribution in [-0.2, 0) is 18.0 Å². The maximum absolute atomic E-state index is 11.7. The first-order valence-corrected chi connectivity index (χ1v) is 7.87. The van der Waals surface area contributed by atoms with Crippen LogP contribution in [0.25, 0.3) is 11.3 Å². The van der Waals surface area contributed by atoms with E-state index in [-0.39, 0.29) is 5.97 Å². The van der Waals surface area contributed by atoms with E-state index in [0.29, 0.717) is 30.3 Å². The van der Waals surface area contributed by atoms with Crippen LogP contribution in [0.15, 0.2) is 47.3 Å². The summed E-state index contributed by atoms with van der Waals surface area (Å²) in [4.78, 5) is 17.8. The van der Waals surface area contributed by atoms with Crippen LogP contribution in [0.3, 0.4) is 0 Å². The Morgan fingerprint density at radius 2 is 2.04 bits per heavy atom. The number of esters is 1. The van der Waals surface area contributed by atoms with Gasteiger partial charge in [-0.2, -0.15) is 5.10 Å². The van der Waals surface area contributed by atoms with Gasteiger partial charge < -0.3 is 9.15 Å². The van der Waals surface area contributed by atoms with Crippen molar-refractivity contribution in [3.8, 4) is 11.3 Å². The molecule has 3 heterocycles. The summed E-state index contributed by atoms with van der Waals surface area (Å²) in [5, 5.41) is 4.39. The molecule has 0 aromatic carbocycles. The van der Waals surface area contributed by atoms with Crippen LogP contribution in [-0.4, -0.2) is 39.8 Å². The molecule has 0 spiro atoms. The normalized spacial score (nSPS) is 11.0. The van der Waals surface area contributed by atoms with Crippen molar-refractivity contribution < 1.29 is 13.9 Å². The minimum absolute atomic E-state index is 0.387. The smallest absolute Gasteiger partial charge is 0.341 e. The van der Waals surface area contributed by atoms with Gasteiger partial charge in [0.25, 0.3) is 0 Å². The maximum atomic E-state index is 11.7. The highest BCUT2D eigenvalue weighted by atomic mass is 16.5. The molecule has 0 atom stereocenters. The van der Waals surface area contributed by atoms with Gasteiger partial charge in [-0.3, -0.25) is 14.6 Å². The molecule has 0 amide bonds. The highest BCUT2D eigenvalue weighted by Crippen LogP contribution is 2.20. The Morgan fingerprint density at radius 1 is 1.28 bits per heavy atom. The van der Waals surface area contributed by atoms with Gasteiger partial charge in [0.1, 0.15) is 17.1 Å². The summed E-state index contributed by atoms with van der Waals surface area (Å²) in [6, 6.07) is 7.60. The molecular weight excluding hydrogens is 320 g/mol. The zero-order chi connectivity index (χ0) is 17.8. The zero-order valence-electron chi connectivity index (χ0n) is 14.5. The maximum Gasteiger partial charge on any atom is 0.341 e. The van der Waals surface area contributed by atoms with Crippen molar-refractivity contribution in [2.24, 2.45) is 0 Å². The van der Waals surface area contributed by atoms with E-state index in [4.69, 9.17) is 9.15 Å². The van der Waals surface area contributed by atoms with Crippen LogP contribution in [0.4, 0.5) is 0 Å². The third kappa shape index (κ3) is 3.77. The summed E-state index contributed by atoms with van der Waals surface area (Å²) >= 11 is 0. The van der Waals surface area contributed by atoms with Gasteiger partial charge in [-0.25, -0.2) is 4.79 Å². The summed E-state index contributed by atoms with van der Waals surface area (Å²) in [5.74, 6) is 0.882. The molecule has 0 aliphatic rings. The number of rotatable bonds is 6. The predicted octanol–water partition coefficient (Wildman–Crippen LogP) is 2.72. The first kappa shape index (κ1) is 16.9. The van der Waals surface area contributed by atoms with Crippen LogP contribution in [0.2, 0.25) is 0 Å². The van der Waals surface area contributed by atoms with Crippen LogP contribution in [0.5, 0.6) is 0 Å². The number of carbonyl (C=O) groups excluding carboxylic acids is 1. The molecule has 0 bridgehead atoms. The number of carbonyl (C=O) groups is 1. The van der Waals surface area contributed by atoms with Gasteiger partial charge in [-0.05, 0) is 38.2 Å². The fourth-order valence-electron chi connectivity index (χ4n) is 2.69. The zero-order valence-corrected chi connectivity index (χ0v) is 14.5. The van der Waals surface area contributed by atoms with Gasteiger partial charge in [0.2, 0.25) is 0 Å². The Balaban J connectivity index is 1.71. The molecule has 0 saturated carbocycles. The summed E-state index contributed by atoms with van der Waals surface area (Å²) in [6.45, 7) is 2.89. The highest BCUT2D eigenvalue weighted by molar-refractivity contribution is 5.90. The predicted molar refractivity (Wildman–Crippen MR) is 91.7 cm³/mol. The number of aryl methyl sites for hydroxylation is 1. The van der Waals surface area contributed by atoms with E-state index in [0.717, 1.165) is 11.3 Å². The molecular formula is C18H20N4O3. The third-order valence-electron chi connectivity index (χ3n) is 3.87. The number of methoxy groups -OCH3 is 1. The quantitative estimate of drug-likeness (QED) is 0.643. The second-order valence-corrected chi connectivity index (χ2v) is 5.78. The van der Waals surface area contributed by atoms with E-state index >= 15 is 0 Å². The lowest BCUT2D eigenvalue weighted by molar-refractivity contribution is 0.0599. The van der Waals surface area contributed by atoms with E-state index in [1.54, 1.807) is 31.6 Å². The summed E-state index contributed by atoms with van der Waals surface area (Å²) in [7, 11) is 3.33. The van der Waals surface area contributed by atoms with Crippen molar-refractivity contribution in [1.29, 1.82) is 0 Å². The highest BCUT2D eigenvalue weighted by Gasteiger charge is 2.16. The Kier molecular flexibility index (Phi) is 4.95. The van der Waals surface area contributed by atoms with E-state index in [1.165, 1.54) is 7.11 Å². The molecule has 7 heteroatoms. The molecule has 0 aliphatic carbocycles.